The quantitative estimate of drug-likeness (QED) is 0.177. The molecule has 0 radical (unpaired) electrons. The summed E-state index contributed by atoms with van der Waals surface area (Å²) in [7, 11) is 0. The molecule has 13 heteroatoms. The minimum absolute atomic E-state index is 0.0386. The van der Waals surface area contributed by atoms with E-state index < -0.39 is 59.3 Å². The number of nitrogens with one attached hydrogen (secondary N) is 1. The number of halogens is 9. The summed E-state index contributed by atoms with van der Waals surface area (Å²) in [5.41, 5.74) is -3.00. The van der Waals surface area contributed by atoms with Gasteiger partial charge in [0.05, 0.1) is 16.3 Å². The van der Waals surface area contributed by atoms with E-state index in [1.54, 1.807) is 30.3 Å². The molecule has 3 aromatic carbocycles. The molecule has 4 nitrogen and oxygen atoms in total. The van der Waals surface area contributed by atoms with Crippen molar-refractivity contribution in [2.45, 2.75) is 37.4 Å². The van der Waals surface area contributed by atoms with Gasteiger partial charge < -0.3 is 10.1 Å². The molecule has 0 fully saturated rings. The van der Waals surface area contributed by atoms with Gasteiger partial charge >= 0.3 is 18.5 Å². The number of nitrogens with zero attached hydrogens (tertiary/aromatic N) is 1. The van der Waals surface area contributed by atoms with E-state index in [-0.39, 0.29) is 28.3 Å². The maximum atomic E-state index is 15.0. The van der Waals surface area contributed by atoms with Crippen LogP contribution in [0.15, 0.2) is 85.1 Å². The van der Waals surface area contributed by atoms with Gasteiger partial charge in [-0.25, -0.2) is 13.2 Å². The Bertz CT molecular complexity index is 1620. The van der Waals surface area contributed by atoms with Crippen molar-refractivity contribution in [3.8, 4) is 5.75 Å². The van der Waals surface area contributed by atoms with Crippen molar-refractivity contribution < 1.29 is 44.7 Å². The summed E-state index contributed by atoms with van der Waals surface area (Å²) < 4.78 is 114. The first kappa shape index (κ1) is 32.7. The van der Waals surface area contributed by atoms with Crippen LogP contribution in [0.4, 0.5) is 35.1 Å². The fraction of sp³-hybridized carbons (Fsp3) is 0.226. The number of aryl methyl sites for hydroxylation is 1. The minimum atomic E-state index is -4.77. The second kappa shape index (κ2) is 12.8. The van der Waals surface area contributed by atoms with Crippen molar-refractivity contribution in [3.63, 3.8) is 0 Å². The summed E-state index contributed by atoms with van der Waals surface area (Å²) in [6.45, 7) is -0.554. The fourth-order valence-corrected chi connectivity index (χ4v) is 4.63. The predicted octanol–water partition coefficient (Wildman–Crippen LogP) is 8.40. The van der Waals surface area contributed by atoms with Gasteiger partial charge in [0.2, 0.25) is 0 Å². The number of rotatable bonds is 10. The smallest absolute Gasteiger partial charge is 0.416 e. The normalized spacial score (nSPS) is 13.4. The van der Waals surface area contributed by atoms with Crippen molar-refractivity contribution in [2.24, 2.45) is 0 Å². The zero-order chi connectivity index (χ0) is 32.3. The van der Waals surface area contributed by atoms with Gasteiger partial charge in [-0.1, -0.05) is 48.0 Å². The van der Waals surface area contributed by atoms with Gasteiger partial charge in [-0.3, -0.25) is 9.78 Å². The van der Waals surface area contributed by atoms with Gasteiger partial charge in [0.1, 0.15) is 17.1 Å². The summed E-state index contributed by atoms with van der Waals surface area (Å²) >= 11 is 6.04. The number of carbonyl (C=O) groups excluding carboxylic acids is 1. The lowest BCUT2D eigenvalue weighted by Gasteiger charge is -2.36. The minimum Gasteiger partial charge on any atom is -0.487 e. The van der Waals surface area contributed by atoms with E-state index in [0.717, 1.165) is 18.2 Å². The summed E-state index contributed by atoms with van der Waals surface area (Å²) in [4.78, 5) is 18.0. The average Bonchev–Trinajstić information content (AvgIpc) is 2.96. The highest BCUT2D eigenvalue weighted by molar-refractivity contribution is 6.30. The molecule has 1 aromatic heterocycles. The lowest BCUT2D eigenvalue weighted by Crippen LogP contribution is -2.49. The third-order valence-corrected chi connectivity index (χ3v) is 6.95. The number of hydrogen-bond acceptors (Lipinski definition) is 3. The Hall–Kier alpha value is -4.19. The van der Waals surface area contributed by atoms with Crippen molar-refractivity contribution in [2.75, 3.05) is 6.61 Å². The number of pyridine rings is 1. The third kappa shape index (κ3) is 7.47. The standard InChI is InChI=1S/C31H23ClF8N2O2/c1-18-7-8-20(11-25(18)31(38,39)40)27(43)42-29(15-19-5-3-2-4-6-19,26-10-9-22(32)16-41-26)21-12-23(33)14-24(13-21)44-17-30(36,37)28(34)35/h2-14,16,28H,15,17H2,1H3,(H,42,43)/t29-/m0/s1. The van der Waals surface area contributed by atoms with Gasteiger partial charge in [0, 0.05) is 24.2 Å². The van der Waals surface area contributed by atoms with Crippen LogP contribution in [-0.4, -0.2) is 29.8 Å². The highest BCUT2D eigenvalue weighted by atomic mass is 35.5. The van der Waals surface area contributed by atoms with E-state index >= 15 is 4.39 Å². The lowest BCUT2D eigenvalue weighted by atomic mass is 9.80. The molecular weight excluding hydrogens is 620 g/mol. The van der Waals surface area contributed by atoms with Crippen LogP contribution in [-0.2, 0) is 18.1 Å². The van der Waals surface area contributed by atoms with E-state index in [4.69, 9.17) is 16.3 Å². The molecule has 0 spiro atoms. The Morgan fingerprint density at radius 1 is 0.955 bits per heavy atom. The molecule has 1 amide bonds. The summed E-state index contributed by atoms with van der Waals surface area (Å²) in [6, 6.07) is 16.8. The van der Waals surface area contributed by atoms with Crippen LogP contribution in [0.1, 0.15) is 38.3 Å². The Labute approximate surface area is 251 Å². The summed E-state index contributed by atoms with van der Waals surface area (Å²) in [6.07, 6.45) is -7.78. The predicted molar refractivity (Wildman–Crippen MR) is 147 cm³/mol. The first-order chi connectivity index (χ1) is 20.6. The second-order valence-electron chi connectivity index (χ2n) is 9.94. The maximum Gasteiger partial charge on any atom is 0.416 e. The van der Waals surface area contributed by atoms with Crippen LogP contribution in [0, 0.1) is 12.7 Å². The maximum absolute atomic E-state index is 15.0. The monoisotopic (exact) mass is 642 g/mol. The van der Waals surface area contributed by atoms with Gasteiger partial charge in [-0.2, -0.15) is 22.0 Å². The zero-order valence-corrected chi connectivity index (χ0v) is 23.5. The number of carbonyl (C=O) groups is 1. The van der Waals surface area contributed by atoms with E-state index in [9.17, 15) is 35.5 Å². The molecule has 0 saturated carbocycles. The number of alkyl halides is 7. The fourth-order valence-electron chi connectivity index (χ4n) is 4.52. The summed E-state index contributed by atoms with van der Waals surface area (Å²) in [5, 5.41) is 2.87. The van der Waals surface area contributed by atoms with Crippen LogP contribution in [0.25, 0.3) is 0 Å². The van der Waals surface area contributed by atoms with Crippen molar-refractivity contribution >= 4 is 17.5 Å². The zero-order valence-electron chi connectivity index (χ0n) is 22.7. The average molecular weight is 643 g/mol. The Morgan fingerprint density at radius 3 is 2.27 bits per heavy atom. The molecule has 0 aliphatic rings. The molecule has 1 atom stereocenters. The Kier molecular flexibility index (Phi) is 9.53. The van der Waals surface area contributed by atoms with Crippen LogP contribution >= 0.6 is 11.6 Å². The molecule has 0 aliphatic heterocycles. The molecule has 0 saturated heterocycles. The van der Waals surface area contributed by atoms with E-state index in [0.29, 0.717) is 17.7 Å². The SMILES string of the molecule is Cc1ccc(C(=O)N[C@@](Cc2ccccc2)(c2cc(F)cc(OCC(F)(F)C(F)F)c2)c2ccc(Cl)cn2)cc1C(F)(F)F. The number of aromatic nitrogens is 1. The highest BCUT2D eigenvalue weighted by Gasteiger charge is 2.43. The third-order valence-electron chi connectivity index (χ3n) is 6.72. The lowest BCUT2D eigenvalue weighted by molar-refractivity contribution is -0.148. The molecule has 232 valence electrons. The number of amides is 1. The van der Waals surface area contributed by atoms with Gasteiger partial charge in [0.15, 0.2) is 6.61 Å². The van der Waals surface area contributed by atoms with Gasteiger partial charge in [-0.05, 0) is 60.0 Å². The van der Waals surface area contributed by atoms with Crippen LogP contribution < -0.4 is 10.1 Å². The molecule has 1 N–H and O–H groups in total. The first-order valence-corrected chi connectivity index (χ1v) is 13.2. The first-order valence-electron chi connectivity index (χ1n) is 12.9. The van der Waals surface area contributed by atoms with E-state index in [1.165, 1.54) is 31.3 Å². The molecule has 0 bridgehead atoms. The summed E-state index contributed by atoms with van der Waals surface area (Å²) in [5.74, 6) is -7.19. The van der Waals surface area contributed by atoms with Crippen molar-refractivity contribution in [1.29, 1.82) is 0 Å². The topological polar surface area (TPSA) is 51.2 Å². The molecule has 0 aliphatic carbocycles. The van der Waals surface area contributed by atoms with Crippen LogP contribution in [0.2, 0.25) is 5.02 Å². The molecule has 44 heavy (non-hydrogen) atoms. The highest BCUT2D eigenvalue weighted by Crippen LogP contribution is 2.37. The van der Waals surface area contributed by atoms with Gasteiger partial charge in [0.25, 0.3) is 5.91 Å². The largest absolute Gasteiger partial charge is 0.487 e. The van der Waals surface area contributed by atoms with Crippen LogP contribution in [0.3, 0.4) is 0 Å². The molecule has 0 unspecified atom stereocenters. The Morgan fingerprint density at radius 2 is 1.66 bits per heavy atom. The number of benzene rings is 3. The molecular formula is C31H23ClF8N2O2. The van der Waals surface area contributed by atoms with Gasteiger partial charge in [-0.15, -0.1) is 0 Å². The molecule has 1 heterocycles. The van der Waals surface area contributed by atoms with Crippen molar-refractivity contribution in [1.82, 2.24) is 10.3 Å². The van der Waals surface area contributed by atoms with E-state index in [2.05, 4.69) is 10.3 Å². The Balaban J connectivity index is 1.91. The molecule has 4 rings (SSSR count). The second-order valence-corrected chi connectivity index (χ2v) is 10.4. The number of ether oxygens (including phenoxy) is 1. The number of hydrogen-bond donors (Lipinski definition) is 1. The van der Waals surface area contributed by atoms with E-state index in [1.807, 2.05) is 0 Å². The van der Waals surface area contributed by atoms with Crippen molar-refractivity contribution in [3.05, 3.63) is 129 Å². The van der Waals surface area contributed by atoms with Crippen LogP contribution in [0.5, 0.6) is 5.75 Å². The molecule has 4 aromatic rings.